The zero-order valence-corrected chi connectivity index (χ0v) is 17.8. The normalized spacial score (nSPS) is 14.7. The first-order valence-electron chi connectivity index (χ1n) is 10.3. The van der Waals surface area contributed by atoms with Crippen LogP contribution in [-0.2, 0) is 5.41 Å². The lowest BCUT2D eigenvalue weighted by Crippen LogP contribution is -2.36. The van der Waals surface area contributed by atoms with Crippen molar-refractivity contribution in [2.45, 2.75) is 24.7 Å². The zero-order valence-electron chi connectivity index (χ0n) is 17.8. The van der Waals surface area contributed by atoms with Crippen LogP contribution in [0.15, 0.2) is 53.6 Å². The number of hydrogen-bond acceptors (Lipinski definition) is 8. The minimum Gasteiger partial charge on any atom is -0.368 e. The van der Waals surface area contributed by atoms with Gasteiger partial charge in [-0.15, -0.1) is 0 Å². The molecule has 3 aromatic heterocycles. The summed E-state index contributed by atoms with van der Waals surface area (Å²) in [6, 6.07) is 8.02. The van der Waals surface area contributed by atoms with Crippen molar-refractivity contribution in [3.05, 3.63) is 60.4 Å². The second-order valence-electron chi connectivity index (χ2n) is 8.12. The predicted molar refractivity (Wildman–Crippen MR) is 117 cm³/mol. The van der Waals surface area contributed by atoms with Crippen molar-refractivity contribution in [1.82, 2.24) is 34.8 Å². The Morgan fingerprint density at radius 2 is 1.78 bits per heavy atom. The molecule has 0 bridgehead atoms. The fourth-order valence-corrected chi connectivity index (χ4v) is 3.92. The van der Waals surface area contributed by atoms with Crippen LogP contribution in [0, 0.1) is 0 Å². The van der Waals surface area contributed by atoms with Crippen molar-refractivity contribution >= 4 is 12.0 Å². The van der Waals surface area contributed by atoms with E-state index in [1.165, 1.54) is 9.58 Å². The summed E-state index contributed by atoms with van der Waals surface area (Å²) in [6.07, 6.45) is 9.54. The van der Waals surface area contributed by atoms with Crippen molar-refractivity contribution in [2.24, 2.45) is 0 Å². The fourth-order valence-electron chi connectivity index (χ4n) is 3.92. The first kappa shape index (κ1) is 19.9. The van der Waals surface area contributed by atoms with Gasteiger partial charge in [0.25, 0.3) is 5.89 Å². The first-order valence-corrected chi connectivity index (χ1v) is 10.3. The van der Waals surface area contributed by atoms with Crippen molar-refractivity contribution in [3.8, 4) is 22.6 Å². The molecule has 3 heterocycles. The third-order valence-electron chi connectivity index (χ3n) is 5.91. The van der Waals surface area contributed by atoms with Crippen LogP contribution >= 0.6 is 0 Å². The number of nitrogens with zero attached hydrogens (tertiary/aromatic N) is 7. The summed E-state index contributed by atoms with van der Waals surface area (Å²) in [4.78, 5) is 26.3. The Bertz CT molecular complexity index is 1250. The average Bonchev–Trinajstić information content (AvgIpc) is 3.44. The van der Waals surface area contributed by atoms with Crippen LogP contribution in [0.5, 0.6) is 0 Å². The van der Waals surface area contributed by atoms with E-state index in [9.17, 15) is 4.79 Å². The van der Waals surface area contributed by atoms with Gasteiger partial charge in [0, 0.05) is 38.2 Å². The second-order valence-corrected chi connectivity index (χ2v) is 8.12. The number of nitrogen functional groups attached to an aromatic ring is 1. The van der Waals surface area contributed by atoms with Crippen LogP contribution in [0.4, 0.5) is 10.7 Å². The van der Waals surface area contributed by atoms with E-state index in [0.29, 0.717) is 17.3 Å². The Balaban J connectivity index is 1.42. The summed E-state index contributed by atoms with van der Waals surface area (Å²) in [5.41, 5.74) is 8.95. The molecular weight excluding hydrogens is 408 g/mol. The molecule has 1 amide bonds. The van der Waals surface area contributed by atoms with Gasteiger partial charge in [0.15, 0.2) is 5.82 Å². The number of carbonyl (C=O) groups is 1. The highest BCUT2D eigenvalue weighted by molar-refractivity contribution is 5.76. The minimum atomic E-state index is -0.284. The molecule has 162 valence electrons. The van der Waals surface area contributed by atoms with E-state index in [4.69, 9.17) is 10.3 Å². The van der Waals surface area contributed by atoms with E-state index in [1.807, 2.05) is 12.1 Å². The van der Waals surface area contributed by atoms with Crippen molar-refractivity contribution in [1.29, 1.82) is 0 Å². The number of nitrogens with two attached hydrogens (primary N) is 1. The quantitative estimate of drug-likeness (QED) is 0.523. The smallest absolute Gasteiger partial charge is 0.344 e. The summed E-state index contributed by atoms with van der Waals surface area (Å²) >= 11 is 0. The predicted octanol–water partition coefficient (Wildman–Crippen LogP) is 2.97. The number of carbonyl (C=O) groups excluding carboxylic acids is 1. The molecule has 1 saturated carbocycles. The zero-order chi connectivity index (χ0) is 22.3. The highest BCUT2D eigenvalue weighted by Crippen LogP contribution is 2.48. The van der Waals surface area contributed by atoms with Crippen molar-refractivity contribution in [2.75, 3.05) is 19.8 Å². The van der Waals surface area contributed by atoms with Gasteiger partial charge in [-0.05, 0) is 24.0 Å². The maximum absolute atomic E-state index is 12.1. The Hall–Kier alpha value is -4.08. The van der Waals surface area contributed by atoms with Gasteiger partial charge >= 0.3 is 6.03 Å². The molecule has 0 unspecified atom stereocenters. The van der Waals surface area contributed by atoms with E-state index in [-0.39, 0.29) is 17.4 Å². The molecule has 0 saturated heterocycles. The van der Waals surface area contributed by atoms with Gasteiger partial charge in [-0.1, -0.05) is 35.8 Å². The van der Waals surface area contributed by atoms with Crippen LogP contribution < -0.4 is 5.73 Å². The summed E-state index contributed by atoms with van der Waals surface area (Å²) in [6.45, 7) is 0. The minimum absolute atomic E-state index is 0.252. The first-order chi connectivity index (χ1) is 15.5. The Labute approximate surface area is 184 Å². The van der Waals surface area contributed by atoms with E-state index >= 15 is 0 Å². The van der Waals surface area contributed by atoms with Gasteiger partial charge in [-0.2, -0.15) is 14.8 Å². The molecule has 1 aliphatic carbocycles. The summed E-state index contributed by atoms with van der Waals surface area (Å²) in [5.74, 6) is 1.25. The largest absolute Gasteiger partial charge is 0.368 e. The molecule has 2 N–H and O–H groups in total. The third kappa shape index (κ3) is 3.29. The lowest BCUT2D eigenvalue weighted by atomic mass is 9.64. The molecule has 10 heteroatoms. The van der Waals surface area contributed by atoms with E-state index in [0.717, 1.165) is 36.0 Å². The molecule has 1 fully saturated rings. The number of anilines is 1. The highest BCUT2D eigenvalue weighted by Gasteiger charge is 2.44. The fraction of sp³-hybridized carbons (Fsp3) is 0.273. The highest BCUT2D eigenvalue weighted by atomic mass is 16.5. The molecule has 0 atom stereocenters. The standard InChI is InChI=1S/C22H22N8O2/c1-29(2)21(31)30-13-16(12-26-30)18-27-19(28-32-18)22(8-3-9-22)17-6-4-14(5-7-17)15-10-24-20(23)25-11-15/h4-7,10-13H,3,8-9H2,1-2H3,(H2,23,24,25). The Morgan fingerprint density at radius 1 is 1.06 bits per heavy atom. The SMILES string of the molecule is CN(C)C(=O)n1cc(-c2nc(C3(c4ccc(-c5cnc(N)nc5)cc4)CCC3)no2)cn1. The molecule has 4 aromatic rings. The third-order valence-corrected chi connectivity index (χ3v) is 5.91. The van der Waals surface area contributed by atoms with Gasteiger partial charge < -0.3 is 15.2 Å². The number of benzene rings is 1. The molecular formula is C22H22N8O2. The van der Waals surface area contributed by atoms with Gasteiger partial charge in [-0.3, -0.25) is 0 Å². The topological polar surface area (TPSA) is 129 Å². The maximum Gasteiger partial charge on any atom is 0.344 e. The number of amides is 1. The van der Waals surface area contributed by atoms with Crippen molar-refractivity contribution in [3.63, 3.8) is 0 Å². The molecule has 1 aromatic carbocycles. The van der Waals surface area contributed by atoms with E-state index in [1.54, 1.807) is 38.9 Å². The molecule has 32 heavy (non-hydrogen) atoms. The number of rotatable bonds is 4. The van der Waals surface area contributed by atoms with E-state index < -0.39 is 0 Å². The van der Waals surface area contributed by atoms with Crippen LogP contribution in [0.3, 0.4) is 0 Å². The molecule has 10 nitrogen and oxygen atoms in total. The Morgan fingerprint density at radius 3 is 2.41 bits per heavy atom. The van der Waals surface area contributed by atoms with Crippen LogP contribution in [0.1, 0.15) is 30.7 Å². The number of aromatic nitrogens is 6. The lowest BCUT2D eigenvalue weighted by molar-refractivity contribution is 0.216. The van der Waals surface area contributed by atoms with Crippen LogP contribution in [0.25, 0.3) is 22.6 Å². The van der Waals surface area contributed by atoms with Gasteiger partial charge in [0.05, 0.1) is 17.2 Å². The second kappa shape index (κ2) is 7.56. The maximum atomic E-state index is 12.1. The molecule has 1 aliphatic rings. The van der Waals surface area contributed by atoms with Gasteiger partial charge in [0.1, 0.15) is 0 Å². The molecule has 0 aliphatic heterocycles. The molecule has 0 radical (unpaired) electrons. The molecule has 5 rings (SSSR count). The van der Waals surface area contributed by atoms with Crippen molar-refractivity contribution < 1.29 is 9.32 Å². The van der Waals surface area contributed by atoms with Crippen LogP contribution in [0.2, 0.25) is 0 Å². The summed E-state index contributed by atoms with van der Waals surface area (Å²) in [7, 11) is 3.33. The average molecular weight is 430 g/mol. The van der Waals surface area contributed by atoms with Crippen LogP contribution in [-0.4, -0.2) is 54.9 Å². The lowest BCUT2D eigenvalue weighted by Gasteiger charge is -2.39. The number of hydrogen-bond donors (Lipinski definition) is 1. The molecule has 0 spiro atoms. The van der Waals surface area contributed by atoms with E-state index in [2.05, 4.69) is 37.3 Å². The summed E-state index contributed by atoms with van der Waals surface area (Å²) < 4.78 is 6.79. The van der Waals surface area contributed by atoms with Gasteiger partial charge in [0.2, 0.25) is 5.95 Å². The summed E-state index contributed by atoms with van der Waals surface area (Å²) in [5, 5.41) is 8.39. The Kier molecular flexibility index (Phi) is 4.69. The monoisotopic (exact) mass is 430 g/mol. The van der Waals surface area contributed by atoms with Gasteiger partial charge in [-0.25, -0.2) is 14.8 Å².